The molecule has 1 aliphatic rings. The van der Waals surface area contributed by atoms with E-state index in [1.807, 2.05) is 30.4 Å². The third-order valence-electron chi connectivity index (χ3n) is 4.51. The van der Waals surface area contributed by atoms with Crippen molar-refractivity contribution in [2.45, 2.75) is 37.9 Å². The Bertz CT molecular complexity index is 587. The van der Waals surface area contributed by atoms with E-state index >= 15 is 0 Å². The second-order valence-corrected chi connectivity index (χ2v) is 6.24. The minimum Gasteiger partial charge on any atom is -0.493 e. The molecule has 0 amide bonds. The normalized spacial score (nSPS) is 29.1. The van der Waals surface area contributed by atoms with Crippen molar-refractivity contribution in [3.63, 3.8) is 0 Å². The molecule has 0 radical (unpaired) electrons. The monoisotopic (exact) mass is 368 g/mol. The van der Waals surface area contributed by atoms with Gasteiger partial charge in [0, 0.05) is 5.92 Å². The van der Waals surface area contributed by atoms with Crippen LogP contribution in [0.25, 0.3) is 6.08 Å². The highest BCUT2D eigenvalue weighted by Gasteiger charge is 2.42. The third-order valence-corrected chi connectivity index (χ3v) is 4.51. The molecule has 3 N–H and O–H groups in total. The number of hydrogen-bond donors (Lipinski definition) is 3. The van der Waals surface area contributed by atoms with Crippen molar-refractivity contribution in [2.75, 3.05) is 27.4 Å². The molecule has 7 nitrogen and oxygen atoms in total. The van der Waals surface area contributed by atoms with E-state index in [4.69, 9.17) is 18.9 Å². The van der Waals surface area contributed by atoms with Crippen LogP contribution < -0.4 is 9.47 Å². The predicted molar refractivity (Wildman–Crippen MR) is 96.1 cm³/mol. The third kappa shape index (κ3) is 4.96. The van der Waals surface area contributed by atoms with E-state index < -0.39 is 30.5 Å². The Labute approximate surface area is 153 Å². The SMILES string of the molecule is COc1ccc(C=CCCOC2OC(CO)C(O)C(C)C2O)cc1OC. The molecule has 1 fully saturated rings. The summed E-state index contributed by atoms with van der Waals surface area (Å²) in [5.41, 5.74) is 0.966. The zero-order valence-electron chi connectivity index (χ0n) is 15.4. The molecule has 5 unspecified atom stereocenters. The Kier molecular flexibility index (Phi) is 7.86. The maximum Gasteiger partial charge on any atom is 0.184 e. The number of benzene rings is 1. The maximum atomic E-state index is 10.1. The van der Waals surface area contributed by atoms with Crippen molar-refractivity contribution in [1.29, 1.82) is 0 Å². The Balaban J connectivity index is 1.83. The lowest BCUT2D eigenvalue weighted by Crippen LogP contribution is -2.55. The van der Waals surface area contributed by atoms with E-state index in [1.165, 1.54) is 0 Å². The van der Waals surface area contributed by atoms with E-state index in [2.05, 4.69) is 0 Å². The van der Waals surface area contributed by atoms with Crippen LogP contribution in [0.2, 0.25) is 0 Å². The molecular weight excluding hydrogens is 340 g/mol. The Morgan fingerprint density at radius 1 is 1.12 bits per heavy atom. The Morgan fingerprint density at radius 3 is 2.50 bits per heavy atom. The molecule has 7 heteroatoms. The number of rotatable bonds is 8. The average molecular weight is 368 g/mol. The van der Waals surface area contributed by atoms with Gasteiger partial charge < -0.3 is 34.3 Å². The van der Waals surface area contributed by atoms with Crippen molar-refractivity contribution in [3.8, 4) is 11.5 Å². The summed E-state index contributed by atoms with van der Waals surface area (Å²) >= 11 is 0. The first kappa shape index (κ1) is 20.7. The van der Waals surface area contributed by atoms with E-state index in [9.17, 15) is 15.3 Å². The van der Waals surface area contributed by atoms with Gasteiger partial charge in [0.1, 0.15) is 12.2 Å². The lowest BCUT2D eigenvalue weighted by atomic mass is 9.91. The van der Waals surface area contributed by atoms with Gasteiger partial charge in [-0.05, 0) is 24.1 Å². The highest BCUT2D eigenvalue weighted by atomic mass is 16.7. The lowest BCUT2D eigenvalue weighted by molar-refractivity contribution is -0.287. The van der Waals surface area contributed by atoms with Crippen molar-refractivity contribution in [1.82, 2.24) is 0 Å². The molecule has 1 saturated heterocycles. The summed E-state index contributed by atoms with van der Waals surface area (Å²) in [4.78, 5) is 0. The van der Waals surface area contributed by atoms with E-state index in [0.29, 0.717) is 24.5 Å². The van der Waals surface area contributed by atoms with Crippen molar-refractivity contribution < 1.29 is 34.3 Å². The van der Waals surface area contributed by atoms with Gasteiger partial charge in [-0.3, -0.25) is 0 Å². The van der Waals surface area contributed by atoms with E-state index in [1.54, 1.807) is 21.1 Å². The predicted octanol–water partition coefficient (Wildman–Crippen LogP) is 1.20. The summed E-state index contributed by atoms with van der Waals surface area (Å²) in [6.45, 7) is 1.72. The van der Waals surface area contributed by atoms with Crippen molar-refractivity contribution >= 4 is 6.08 Å². The number of aliphatic hydroxyl groups excluding tert-OH is 3. The van der Waals surface area contributed by atoms with Gasteiger partial charge >= 0.3 is 0 Å². The van der Waals surface area contributed by atoms with E-state index in [0.717, 1.165) is 5.56 Å². The minimum atomic E-state index is -0.942. The van der Waals surface area contributed by atoms with Crippen LogP contribution in [0.5, 0.6) is 11.5 Å². The maximum absolute atomic E-state index is 10.1. The van der Waals surface area contributed by atoms with Gasteiger partial charge in [-0.15, -0.1) is 0 Å². The molecular formula is C19H28O7. The van der Waals surface area contributed by atoms with Gasteiger partial charge in [-0.25, -0.2) is 0 Å². The fraction of sp³-hybridized carbons (Fsp3) is 0.579. The molecule has 5 atom stereocenters. The topological polar surface area (TPSA) is 97.6 Å². The second kappa shape index (κ2) is 9.89. The fourth-order valence-electron chi connectivity index (χ4n) is 2.84. The number of methoxy groups -OCH3 is 2. The molecule has 0 saturated carbocycles. The van der Waals surface area contributed by atoms with Crippen LogP contribution in [0.15, 0.2) is 24.3 Å². The first-order valence-electron chi connectivity index (χ1n) is 8.64. The largest absolute Gasteiger partial charge is 0.493 e. The molecule has 0 bridgehead atoms. The van der Waals surface area contributed by atoms with Gasteiger partial charge in [-0.2, -0.15) is 0 Å². The Morgan fingerprint density at radius 2 is 1.85 bits per heavy atom. The summed E-state index contributed by atoms with van der Waals surface area (Å²) in [5.74, 6) is 0.895. The molecule has 2 rings (SSSR count). The molecule has 0 spiro atoms. The average Bonchev–Trinajstić information content (AvgIpc) is 2.67. The second-order valence-electron chi connectivity index (χ2n) is 6.24. The smallest absolute Gasteiger partial charge is 0.184 e. The molecule has 26 heavy (non-hydrogen) atoms. The molecule has 1 aliphatic heterocycles. The molecule has 1 aromatic carbocycles. The number of ether oxygens (including phenoxy) is 4. The summed E-state index contributed by atoms with van der Waals surface area (Å²) in [5, 5.41) is 29.3. The van der Waals surface area contributed by atoms with Gasteiger partial charge in [0.15, 0.2) is 17.8 Å². The molecule has 1 aromatic rings. The van der Waals surface area contributed by atoms with Crippen LogP contribution in [0.4, 0.5) is 0 Å². The summed E-state index contributed by atoms with van der Waals surface area (Å²) < 4.78 is 21.5. The van der Waals surface area contributed by atoms with Gasteiger partial charge in [0.25, 0.3) is 0 Å². The first-order chi connectivity index (χ1) is 12.5. The van der Waals surface area contributed by atoms with Crippen molar-refractivity contribution in [3.05, 3.63) is 29.8 Å². The van der Waals surface area contributed by atoms with Crippen molar-refractivity contribution in [2.24, 2.45) is 5.92 Å². The summed E-state index contributed by atoms with van der Waals surface area (Å²) in [6.07, 6.45) is 1.02. The van der Waals surface area contributed by atoms with Gasteiger partial charge in [0.2, 0.25) is 0 Å². The number of hydrogen-bond acceptors (Lipinski definition) is 7. The molecule has 1 heterocycles. The molecule has 0 aliphatic carbocycles. The lowest BCUT2D eigenvalue weighted by Gasteiger charge is -2.40. The zero-order valence-corrected chi connectivity index (χ0v) is 15.4. The minimum absolute atomic E-state index is 0.322. The summed E-state index contributed by atoms with van der Waals surface area (Å²) in [6, 6.07) is 5.63. The first-order valence-corrected chi connectivity index (χ1v) is 8.64. The van der Waals surface area contributed by atoms with Crippen LogP contribution in [-0.2, 0) is 9.47 Å². The standard InChI is InChI=1S/C19H28O7/c1-12-17(21)16(11-20)26-19(18(12)22)25-9-5-4-6-13-7-8-14(23-2)15(10-13)24-3/h4,6-8,10,12,16-22H,5,9,11H2,1-3H3. The zero-order chi connectivity index (χ0) is 19.1. The molecule has 146 valence electrons. The quantitative estimate of drug-likeness (QED) is 0.593. The number of aliphatic hydroxyl groups is 3. The highest BCUT2D eigenvalue weighted by Crippen LogP contribution is 2.28. The van der Waals surface area contributed by atoms with Gasteiger partial charge in [-0.1, -0.05) is 25.1 Å². The Hall–Kier alpha value is -1.64. The fourth-order valence-corrected chi connectivity index (χ4v) is 2.84. The molecule has 0 aromatic heterocycles. The highest BCUT2D eigenvalue weighted by molar-refractivity contribution is 5.55. The van der Waals surface area contributed by atoms with Crippen LogP contribution in [0, 0.1) is 5.92 Å². The van der Waals surface area contributed by atoms with Crippen LogP contribution >= 0.6 is 0 Å². The van der Waals surface area contributed by atoms with Crippen LogP contribution in [0.1, 0.15) is 18.9 Å². The summed E-state index contributed by atoms with van der Waals surface area (Å²) in [7, 11) is 3.18. The van der Waals surface area contributed by atoms with Crippen LogP contribution in [-0.4, -0.2) is 67.4 Å². The van der Waals surface area contributed by atoms with Crippen LogP contribution in [0.3, 0.4) is 0 Å². The van der Waals surface area contributed by atoms with E-state index in [-0.39, 0.29) is 6.61 Å². The van der Waals surface area contributed by atoms with Gasteiger partial charge in [0.05, 0.1) is 33.5 Å².